The molecule has 1 fully saturated rings. The standard InChI is InChI=1S/C29H30N6O3S/c1-18-16-35(17-19(2)38-18)28-6-4-5-24(34-28)25-9-7-20-14-30-23(12-26(20)33-25)13-29(36)32-22-8-10-27-21(11-22)15-31-39(27,3)37/h4-12,14,18-19H,13,15-17H2,1-3H3,(H,32,36)/t18-,19+,39?. The zero-order valence-electron chi connectivity index (χ0n) is 22.1. The van der Waals surface area contributed by atoms with Crippen molar-refractivity contribution in [3.8, 4) is 11.4 Å². The fourth-order valence-corrected chi connectivity index (χ4v) is 6.64. The van der Waals surface area contributed by atoms with E-state index in [-0.39, 0.29) is 24.5 Å². The SMILES string of the molecule is C[C@@H]1CN(c2cccc(-c3ccc4cnc(CC(=O)Nc5ccc6c(c5)CN=S6(C)=O)cc4n3)n2)C[C@H](C)O1. The van der Waals surface area contributed by atoms with E-state index >= 15 is 0 Å². The molecule has 1 N–H and O–H groups in total. The van der Waals surface area contributed by atoms with E-state index in [0.29, 0.717) is 17.9 Å². The lowest BCUT2D eigenvalue weighted by Crippen LogP contribution is -2.45. The van der Waals surface area contributed by atoms with Gasteiger partial charge in [0.25, 0.3) is 0 Å². The van der Waals surface area contributed by atoms with Crippen LogP contribution >= 0.6 is 0 Å². The monoisotopic (exact) mass is 542 g/mol. The highest BCUT2D eigenvalue weighted by Crippen LogP contribution is 2.28. The molecular formula is C29H30N6O3S. The van der Waals surface area contributed by atoms with Crippen molar-refractivity contribution >= 4 is 38.0 Å². The topological polar surface area (TPSA) is 110 Å². The Labute approximate surface area is 227 Å². The Morgan fingerprint density at radius 1 is 1.05 bits per heavy atom. The first kappa shape index (κ1) is 25.4. The Kier molecular flexibility index (Phi) is 6.52. The van der Waals surface area contributed by atoms with Gasteiger partial charge in [0, 0.05) is 36.6 Å². The maximum Gasteiger partial charge on any atom is 0.230 e. The fraction of sp³-hybridized carbons (Fsp3) is 0.310. The Hall–Kier alpha value is -3.89. The van der Waals surface area contributed by atoms with Crippen LogP contribution in [0.1, 0.15) is 25.1 Å². The molecule has 1 amide bonds. The van der Waals surface area contributed by atoms with E-state index < -0.39 is 9.73 Å². The van der Waals surface area contributed by atoms with Crippen LogP contribution in [0.25, 0.3) is 22.3 Å². The first-order chi connectivity index (χ1) is 18.7. The summed E-state index contributed by atoms with van der Waals surface area (Å²) in [5, 5.41) is 3.81. The van der Waals surface area contributed by atoms with Gasteiger partial charge in [-0.2, -0.15) is 0 Å². The Balaban J connectivity index is 1.19. The van der Waals surface area contributed by atoms with Gasteiger partial charge >= 0.3 is 0 Å². The van der Waals surface area contributed by atoms with E-state index in [1.54, 1.807) is 24.6 Å². The van der Waals surface area contributed by atoms with Crippen molar-refractivity contribution in [2.45, 2.75) is 43.9 Å². The summed E-state index contributed by atoms with van der Waals surface area (Å²) in [4.78, 5) is 30.0. The third kappa shape index (κ3) is 5.35. The summed E-state index contributed by atoms with van der Waals surface area (Å²) >= 11 is 0. The lowest BCUT2D eigenvalue weighted by molar-refractivity contribution is -0.115. The summed E-state index contributed by atoms with van der Waals surface area (Å²) in [5.41, 5.74) is 4.46. The molecule has 3 atom stereocenters. The third-order valence-corrected chi connectivity index (χ3v) is 8.78. The molecular weight excluding hydrogens is 512 g/mol. The van der Waals surface area contributed by atoms with E-state index in [1.807, 2.05) is 42.5 Å². The number of aromatic nitrogens is 3. The van der Waals surface area contributed by atoms with E-state index in [0.717, 1.165) is 51.7 Å². The molecule has 5 heterocycles. The predicted octanol–water partition coefficient (Wildman–Crippen LogP) is 4.46. The van der Waals surface area contributed by atoms with Gasteiger partial charge in [0.05, 0.1) is 62.4 Å². The molecule has 6 rings (SSSR count). The van der Waals surface area contributed by atoms with Gasteiger partial charge in [-0.25, -0.2) is 18.5 Å². The van der Waals surface area contributed by atoms with E-state index in [1.165, 1.54) is 0 Å². The molecule has 3 aromatic heterocycles. The number of carbonyl (C=O) groups is 1. The van der Waals surface area contributed by atoms with Crippen molar-refractivity contribution < 1.29 is 13.7 Å². The molecule has 0 bridgehead atoms. The van der Waals surface area contributed by atoms with Crippen molar-refractivity contribution in [3.63, 3.8) is 0 Å². The number of hydrogen-bond donors (Lipinski definition) is 1. The first-order valence-corrected chi connectivity index (χ1v) is 14.9. The van der Waals surface area contributed by atoms with Crippen molar-refractivity contribution in [1.29, 1.82) is 0 Å². The smallest absolute Gasteiger partial charge is 0.230 e. The second kappa shape index (κ2) is 10.0. The minimum Gasteiger partial charge on any atom is -0.372 e. The van der Waals surface area contributed by atoms with E-state index in [4.69, 9.17) is 14.7 Å². The van der Waals surface area contributed by atoms with Crippen molar-refractivity contribution in [1.82, 2.24) is 15.0 Å². The second-order valence-electron chi connectivity index (χ2n) is 10.2. The van der Waals surface area contributed by atoms with Crippen molar-refractivity contribution in [2.24, 2.45) is 4.36 Å². The molecule has 1 saturated heterocycles. The lowest BCUT2D eigenvalue weighted by Gasteiger charge is -2.36. The molecule has 0 spiro atoms. The molecule has 4 aromatic rings. The number of pyridine rings is 3. The van der Waals surface area contributed by atoms with Crippen LogP contribution in [0.2, 0.25) is 0 Å². The zero-order chi connectivity index (χ0) is 27.1. The molecule has 0 aliphatic carbocycles. The number of ether oxygens (including phenoxy) is 1. The van der Waals surface area contributed by atoms with E-state index in [2.05, 4.69) is 33.4 Å². The molecule has 1 unspecified atom stereocenters. The van der Waals surface area contributed by atoms with Gasteiger partial charge in [-0.3, -0.25) is 9.78 Å². The van der Waals surface area contributed by atoms with Crippen LogP contribution < -0.4 is 10.2 Å². The summed E-state index contributed by atoms with van der Waals surface area (Å²) in [6.45, 7) is 6.15. The van der Waals surface area contributed by atoms with Crippen LogP contribution in [0, 0.1) is 0 Å². The molecule has 0 saturated carbocycles. The highest BCUT2D eigenvalue weighted by Gasteiger charge is 2.23. The molecule has 0 radical (unpaired) electrons. The second-order valence-corrected chi connectivity index (χ2v) is 12.5. The van der Waals surface area contributed by atoms with Crippen LogP contribution in [0.3, 0.4) is 0 Å². The van der Waals surface area contributed by atoms with Gasteiger partial charge in [-0.1, -0.05) is 6.07 Å². The van der Waals surface area contributed by atoms with Gasteiger partial charge in [0.15, 0.2) is 0 Å². The quantitative estimate of drug-likeness (QED) is 0.397. The fourth-order valence-electron chi connectivity index (χ4n) is 5.19. The number of hydrogen-bond acceptors (Lipinski definition) is 8. The normalized spacial score (nSPS) is 22.4. The number of morpholine rings is 1. The highest BCUT2D eigenvalue weighted by atomic mass is 32.2. The van der Waals surface area contributed by atoms with Crippen LogP contribution in [0.5, 0.6) is 0 Å². The van der Waals surface area contributed by atoms with E-state index in [9.17, 15) is 9.00 Å². The molecule has 9 nitrogen and oxygen atoms in total. The molecule has 200 valence electrons. The minimum atomic E-state index is -2.32. The summed E-state index contributed by atoms with van der Waals surface area (Å²) in [6, 6.07) is 17.1. The maximum absolute atomic E-state index is 12.8. The summed E-state index contributed by atoms with van der Waals surface area (Å²) in [5.74, 6) is 0.721. The molecule has 1 aromatic carbocycles. The number of fused-ring (bicyclic) bond motifs is 2. The zero-order valence-corrected chi connectivity index (χ0v) is 22.9. The van der Waals surface area contributed by atoms with Gasteiger partial charge in [0.1, 0.15) is 5.82 Å². The summed E-state index contributed by atoms with van der Waals surface area (Å²) < 4.78 is 22.5. The highest BCUT2D eigenvalue weighted by molar-refractivity contribution is 7.93. The number of carbonyl (C=O) groups excluding carboxylic acids is 1. The predicted molar refractivity (Wildman–Crippen MR) is 152 cm³/mol. The van der Waals surface area contributed by atoms with Crippen LogP contribution in [-0.2, 0) is 32.2 Å². The molecule has 39 heavy (non-hydrogen) atoms. The first-order valence-electron chi connectivity index (χ1n) is 13.0. The molecule has 2 aliphatic rings. The lowest BCUT2D eigenvalue weighted by atomic mass is 10.1. The average molecular weight is 543 g/mol. The number of benzene rings is 1. The average Bonchev–Trinajstić information content (AvgIpc) is 3.21. The van der Waals surface area contributed by atoms with Gasteiger partial charge < -0.3 is 15.0 Å². The molecule has 2 aliphatic heterocycles. The molecule has 10 heteroatoms. The van der Waals surface area contributed by atoms with Gasteiger partial charge in [-0.05, 0) is 67.9 Å². The Bertz CT molecular complexity index is 1700. The Morgan fingerprint density at radius 3 is 2.67 bits per heavy atom. The Morgan fingerprint density at radius 2 is 1.85 bits per heavy atom. The van der Waals surface area contributed by atoms with Crippen molar-refractivity contribution in [3.05, 3.63) is 72.1 Å². The third-order valence-electron chi connectivity index (χ3n) is 6.95. The maximum atomic E-state index is 12.8. The summed E-state index contributed by atoms with van der Waals surface area (Å²) in [7, 11) is -2.32. The van der Waals surface area contributed by atoms with Gasteiger partial charge in [0.2, 0.25) is 5.91 Å². The van der Waals surface area contributed by atoms with Gasteiger partial charge in [-0.15, -0.1) is 0 Å². The summed E-state index contributed by atoms with van der Waals surface area (Å²) in [6.07, 6.45) is 3.78. The number of nitrogens with one attached hydrogen (secondary N) is 1. The van der Waals surface area contributed by atoms with Crippen LogP contribution in [-0.4, -0.2) is 56.6 Å². The number of rotatable bonds is 5. The largest absolute Gasteiger partial charge is 0.372 e. The number of amides is 1. The van der Waals surface area contributed by atoms with Crippen LogP contribution in [0.15, 0.2) is 70.1 Å². The van der Waals surface area contributed by atoms with Crippen molar-refractivity contribution in [2.75, 3.05) is 29.6 Å². The minimum absolute atomic E-state index is 0.106. The number of anilines is 2. The number of nitrogens with zero attached hydrogens (tertiary/aromatic N) is 5. The van der Waals surface area contributed by atoms with Crippen LogP contribution in [0.4, 0.5) is 11.5 Å².